The molecule has 3 rings (SSSR count). The van der Waals surface area contributed by atoms with Gasteiger partial charge in [-0.3, -0.25) is 13.9 Å². The smallest absolute Gasteiger partial charge is 0.264 e. The van der Waals surface area contributed by atoms with Gasteiger partial charge in [-0.05, 0) is 56.7 Å². The number of aryl methyl sites for hydroxylation is 1. The number of benzene rings is 3. The molecule has 1 atom stereocenters. The number of anilines is 1. The third-order valence-corrected chi connectivity index (χ3v) is 7.98. The van der Waals surface area contributed by atoms with Crippen LogP contribution in [0.2, 0.25) is 0 Å². The maximum Gasteiger partial charge on any atom is 0.264 e. The first-order valence-corrected chi connectivity index (χ1v) is 13.8. The van der Waals surface area contributed by atoms with Crippen molar-refractivity contribution in [1.29, 1.82) is 0 Å². The van der Waals surface area contributed by atoms with Crippen LogP contribution in [0.1, 0.15) is 25.0 Å². The van der Waals surface area contributed by atoms with Gasteiger partial charge in [-0.2, -0.15) is 0 Å². The van der Waals surface area contributed by atoms with Gasteiger partial charge in [-0.15, -0.1) is 0 Å². The molecule has 1 unspecified atom stereocenters. The molecule has 190 valence electrons. The summed E-state index contributed by atoms with van der Waals surface area (Å²) in [6.45, 7) is 5.43. The van der Waals surface area contributed by atoms with Gasteiger partial charge in [0.2, 0.25) is 11.8 Å². The van der Waals surface area contributed by atoms with Crippen molar-refractivity contribution in [2.45, 2.75) is 38.3 Å². The quantitative estimate of drug-likeness (QED) is 0.388. The van der Waals surface area contributed by atoms with Crippen LogP contribution in [0.15, 0.2) is 88.2 Å². The van der Waals surface area contributed by atoms with E-state index in [4.69, 9.17) is 0 Å². The number of hydrogen-bond acceptors (Lipinski definition) is 4. The van der Waals surface area contributed by atoms with Crippen molar-refractivity contribution in [2.75, 3.05) is 17.4 Å². The van der Waals surface area contributed by atoms with Gasteiger partial charge >= 0.3 is 0 Å². The van der Waals surface area contributed by atoms with Crippen molar-refractivity contribution >= 4 is 43.5 Å². The van der Waals surface area contributed by atoms with Crippen LogP contribution in [0.5, 0.6) is 0 Å². The van der Waals surface area contributed by atoms with Crippen molar-refractivity contribution in [3.8, 4) is 0 Å². The third-order valence-electron chi connectivity index (χ3n) is 5.70. The lowest BCUT2D eigenvalue weighted by atomic mass is 10.1. The zero-order valence-corrected chi connectivity index (χ0v) is 22.9. The van der Waals surface area contributed by atoms with E-state index in [1.165, 1.54) is 17.0 Å². The summed E-state index contributed by atoms with van der Waals surface area (Å²) in [4.78, 5) is 27.9. The van der Waals surface area contributed by atoms with Crippen LogP contribution >= 0.6 is 15.9 Å². The number of nitrogens with one attached hydrogen (secondary N) is 1. The molecule has 0 aromatic heterocycles. The van der Waals surface area contributed by atoms with E-state index >= 15 is 0 Å². The molecule has 0 radical (unpaired) electrons. The SMILES string of the molecule is CCNC(=O)C(C)N(Cc1ccccc1)C(=O)CN(c1cccc(Br)c1)S(=O)(=O)c1ccc(C)cc1. The third kappa shape index (κ3) is 6.73. The van der Waals surface area contributed by atoms with Crippen LogP contribution in [0.25, 0.3) is 0 Å². The molecule has 7 nitrogen and oxygen atoms in total. The van der Waals surface area contributed by atoms with E-state index in [0.717, 1.165) is 15.4 Å². The van der Waals surface area contributed by atoms with Gasteiger partial charge in [0, 0.05) is 17.6 Å². The molecule has 1 N–H and O–H groups in total. The summed E-state index contributed by atoms with van der Waals surface area (Å²) in [6, 6.07) is 21.7. The molecule has 0 aliphatic carbocycles. The van der Waals surface area contributed by atoms with Gasteiger partial charge < -0.3 is 10.2 Å². The Morgan fingerprint density at radius 1 is 0.972 bits per heavy atom. The van der Waals surface area contributed by atoms with Gasteiger partial charge in [0.15, 0.2) is 0 Å². The molecule has 9 heteroatoms. The summed E-state index contributed by atoms with van der Waals surface area (Å²) >= 11 is 3.39. The fourth-order valence-corrected chi connectivity index (χ4v) is 5.48. The highest BCUT2D eigenvalue weighted by Crippen LogP contribution is 2.27. The van der Waals surface area contributed by atoms with Crippen LogP contribution in [0.4, 0.5) is 5.69 Å². The minimum atomic E-state index is -4.08. The first-order valence-electron chi connectivity index (χ1n) is 11.6. The Balaban J connectivity index is 2.02. The first-order chi connectivity index (χ1) is 17.1. The van der Waals surface area contributed by atoms with E-state index in [9.17, 15) is 18.0 Å². The maximum absolute atomic E-state index is 13.7. The average Bonchev–Trinajstić information content (AvgIpc) is 2.86. The average molecular weight is 573 g/mol. The summed E-state index contributed by atoms with van der Waals surface area (Å²) in [6.07, 6.45) is 0. The molecule has 36 heavy (non-hydrogen) atoms. The molecule has 0 bridgehead atoms. The number of amides is 2. The minimum absolute atomic E-state index is 0.0762. The highest BCUT2D eigenvalue weighted by atomic mass is 79.9. The van der Waals surface area contributed by atoms with Gasteiger partial charge in [0.25, 0.3) is 10.0 Å². The molecule has 0 heterocycles. The molecule has 0 saturated carbocycles. The second-order valence-electron chi connectivity index (χ2n) is 8.38. The lowest BCUT2D eigenvalue weighted by molar-refractivity contribution is -0.139. The molecular formula is C27H30BrN3O4S. The number of likely N-dealkylation sites (N-methyl/N-ethyl adjacent to an activating group) is 1. The minimum Gasteiger partial charge on any atom is -0.355 e. The predicted octanol–water partition coefficient (Wildman–Crippen LogP) is 4.51. The van der Waals surface area contributed by atoms with Crippen LogP contribution in [-0.2, 0) is 26.2 Å². The molecule has 0 aliphatic rings. The van der Waals surface area contributed by atoms with E-state index in [-0.39, 0.29) is 17.3 Å². The summed E-state index contributed by atoms with van der Waals surface area (Å²) < 4.78 is 29.2. The van der Waals surface area contributed by atoms with Crippen molar-refractivity contribution in [2.24, 2.45) is 0 Å². The maximum atomic E-state index is 13.7. The summed E-state index contributed by atoms with van der Waals surface area (Å²) in [5.74, 6) is -0.801. The van der Waals surface area contributed by atoms with Crippen molar-refractivity contribution in [3.05, 3.63) is 94.5 Å². The van der Waals surface area contributed by atoms with E-state index in [1.54, 1.807) is 50.2 Å². The second kappa shape index (κ2) is 12.2. The molecule has 0 fully saturated rings. The van der Waals surface area contributed by atoms with E-state index in [1.807, 2.05) is 37.3 Å². The molecule has 0 aliphatic heterocycles. The highest BCUT2D eigenvalue weighted by Gasteiger charge is 2.32. The Bertz CT molecular complexity index is 1300. The number of carbonyl (C=O) groups is 2. The van der Waals surface area contributed by atoms with Crippen LogP contribution in [0.3, 0.4) is 0 Å². The molecular weight excluding hydrogens is 542 g/mol. The Morgan fingerprint density at radius 2 is 1.64 bits per heavy atom. The largest absolute Gasteiger partial charge is 0.355 e. The number of halogens is 1. The van der Waals surface area contributed by atoms with Gasteiger partial charge in [-0.25, -0.2) is 8.42 Å². The summed E-state index contributed by atoms with van der Waals surface area (Å²) in [5.41, 5.74) is 2.09. The normalized spacial score (nSPS) is 12.0. The van der Waals surface area contributed by atoms with E-state index < -0.39 is 28.5 Å². The zero-order chi connectivity index (χ0) is 26.3. The fourth-order valence-electron chi connectivity index (χ4n) is 3.68. The number of hydrogen-bond donors (Lipinski definition) is 1. The molecule has 3 aromatic carbocycles. The Kier molecular flexibility index (Phi) is 9.28. The number of nitrogens with zero attached hydrogens (tertiary/aromatic N) is 2. The fraction of sp³-hybridized carbons (Fsp3) is 0.259. The monoisotopic (exact) mass is 571 g/mol. The van der Waals surface area contributed by atoms with Crippen molar-refractivity contribution in [3.63, 3.8) is 0 Å². The zero-order valence-electron chi connectivity index (χ0n) is 20.5. The van der Waals surface area contributed by atoms with Crippen LogP contribution in [0, 0.1) is 6.92 Å². The topological polar surface area (TPSA) is 86.8 Å². The molecule has 2 amide bonds. The molecule has 0 spiro atoms. The predicted molar refractivity (Wildman–Crippen MR) is 145 cm³/mol. The number of carbonyl (C=O) groups excluding carboxylic acids is 2. The van der Waals surface area contributed by atoms with Gasteiger partial charge in [0.1, 0.15) is 12.6 Å². The molecule has 0 saturated heterocycles. The van der Waals surface area contributed by atoms with Crippen molar-refractivity contribution in [1.82, 2.24) is 10.2 Å². The van der Waals surface area contributed by atoms with Gasteiger partial charge in [-0.1, -0.05) is 70.0 Å². The van der Waals surface area contributed by atoms with Gasteiger partial charge in [0.05, 0.1) is 10.6 Å². The summed E-state index contributed by atoms with van der Waals surface area (Å²) in [7, 11) is -4.08. The van der Waals surface area contributed by atoms with E-state index in [2.05, 4.69) is 21.2 Å². The van der Waals surface area contributed by atoms with Crippen molar-refractivity contribution < 1.29 is 18.0 Å². The van der Waals surface area contributed by atoms with E-state index in [0.29, 0.717) is 16.7 Å². The Hall–Kier alpha value is -3.17. The standard InChI is InChI=1S/C27H30BrN3O4S/c1-4-29-27(33)21(3)30(18-22-9-6-5-7-10-22)26(32)19-31(24-12-8-11-23(28)17-24)36(34,35)25-15-13-20(2)14-16-25/h5-17,21H,4,18-19H2,1-3H3,(H,29,33). The lowest BCUT2D eigenvalue weighted by Gasteiger charge is -2.32. The Labute approximate surface area is 221 Å². The molecule has 3 aromatic rings. The first kappa shape index (κ1) is 27.4. The second-order valence-corrected chi connectivity index (χ2v) is 11.2. The highest BCUT2D eigenvalue weighted by molar-refractivity contribution is 9.10. The van der Waals surface area contributed by atoms with Crippen LogP contribution in [-0.4, -0.2) is 44.3 Å². The Morgan fingerprint density at radius 3 is 2.25 bits per heavy atom. The number of rotatable bonds is 10. The lowest BCUT2D eigenvalue weighted by Crippen LogP contribution is -2.51. The number of sulfonamides is 1. The van der Waals surface area contributed by atoms with Crippen LogP contribution < -0.4 is 9.62 Å². The summed E-state index contributed by atoms with van der Waals surface area (Å²) in [5, 5.41) is 2.75.